The zero-order valence-corrected chi connectivity index (χ0v) is 12.7. The van der Waals surface area contributed by atoms with Gasteiger partial charge in [-0.05, 0) is 24.3 Å². The van der Waals surface area contributed by atoms with Gasteiger partial charge < -0.3 is 15.0 Å². The van der Waals surface area contributed by atoms with Gasteiger partial charge in [0.2, 0.25) is 0 Å². The van der Waals surface area contributed by atoms with E-state index in [2.05, 4.69) is 40.5 Å². The van der Waals surface area contributed by atoms with Crippen LogP contribution in [0.15, 0.2) is 36.4 Å². The molecule has 0 bridgehead atoms. The third-order valence-corrected chi connectivity index (χ3v) is 4.57. The van der Waals surface area contributed by atoms with Crippen LogP contribution in [0.4, 0.5) is 11.4 Å². The highest BCUT2D eigenvalue weighted by atomic mass is 35.5. The Morgan fingerprint density at radius 3 is 2.70 bits per heavy atom. The summed E-state index contributed by atoms with van der Waals surface area (Å²) in [6, 6.07) is 12.4. The number of ether oxygens (including phenoxy) is 1. The average molecular weight is 309 g/mol. The molecule has 20 heavy (non-hydrogen) atoms. The summed E-state index contributed by atoms with van der Waals surface area (Å²) in [4.78, 5) is 3.61. The van der Waals surface area contributed by atoms with Crippen molar-refractivity contribution in [3.63, 3.8) is 0 Å². The zero-order valence-electron chi connectivity index (χ0n) is 11.1. The fraction of sp³-hybridized carbons (Fsp3) is 0.333. The number of thiophene rings is 1. The van der Waals surface area contributed by atoms with E-state index in [4.69, 9.17) is 16.3 Å². The first-order valence-corrected chi connectivity index (χ1v) is 7.92. The van der Waals surface area contributed by atoms with Crippen molar-refractivity contribution in [2.24, 2.45) is 0 Å². The van der Waals surface area contributed by atoms with Gasteiger partial charge in [-0.25, -0.2) is 0 Å². The van der Waals surface area contributed by atoms with Crippen LogP contribution in [-0.4, -0.2) is 26.3 Å². The molecule has 5 heteroatoms. The molecule has 1 saturated heterocycles. The van der Waals surface area contributed by atoms with Crippen LogP contribution in [0.1, 0.15) is 4.88 Å². The largest absolute Gasteiger partial charge is 0.378 e. The number of para-hydroxylation sites is 2. The summed E-state index contributed by atoms with van der Waals surface area (Å²) in [5, 5.41) is 3.51. The number of nitrogens with zero attached hydrogens (tertiary/aromatic N) is 1. The van der Waals surface area contributed by atoms with Crippen LogP contribution in [0, 0.1) is 0 Å². The minimum Gasteiger partial charge on any atom is -0.378 e. The smallest absolute Gasteiger partial charge is 0.0931 e. The molecule has 0 amide bonds. The van der Waals surface area contributed by atoms with E-state index in [0.717, 1.165) is 37.2 Å². The van der Waals surface area contributed by atoms with Crippen molar-refractivity contribution in [2.75, 3.05) is 36.5 Å². The van der Waals surface area contributed by atoms with Crippen molar-refractivity contribution in [3.05, 3.63) is 45.6 Å². The van der Waals surface area contributed by atoms with Gasteiger partial charge in [-0.2, -0.15) is 0 Å². The van der Waals surface area contributed by atoms with E-state index < -0.39 is 0 Å². The number of nitrogens with one attached hydrogen (secondary N) is 1. The molecule has 1 N–H and O–H groups in total. The Balaban J connectivity index is 1.72. The van der Waals surface area contributed by atoms with Gasteiger partial charge in [-0.3, -0.25) is 0 Å². The van der Waals surface area contributed by atoms with E-state index in [1.54, 1.807) is 11.3 Å². The third kappa shape index (κ3) is 3.26. The molecule has 0 radical (unpaired) electrons. The molecular formula is C15H17ClN2OS. The number of morpholine rings is 1. The predicted molar refractivity (Wildman–Crippen MR) is 86.1 cm³/mol. The molecule has 0 unspecified atom stereocenters. The lowest BCUT2D eigenvalue weighted by Gasteiger charge is -2.30. The number of halogens is 1. The molecule has 0 saturated carbocycles. The predicted octanol–water partition coefficient (Wildman–Crippen LogP) is 3.85. The second kappa shape index (κ2) is 6.48. The van der Waals surface area contributed by atoms with E-state index >= 15 is 0 Å². The Morgan fingerprint density at radius 2 is 1.95 bits per heavy atom. The Bertz CT molecular complexity index is 567. The van der Waals surface area contributed by atoms with Gasteiger partial charge in [0.25, 0.3) is 0 Å². The van der Waals surface area contributed by atoms with E-state index in [-0.39, 0.29) is 0 Å². The standard InChI is InChI=1S/C15H17ClN2OS/c16-15-6-5-12(20-15)11-17-13-3-1-2-4-14(13)18-7-9-19-10-8-18/h1-6,17H,7-11H2. The molecule has 2 aromatic rings. The topological polar surface area (TPSA) is 24.5 Å². The van der Waals surface area contributed by atoms with Crippen molar-refractivity contribution in [3.8, 4) is 0 Å². The van der Waals surface area contributed by atoms with Gasteiger partial charge >= 0.3 is 0 Å². The maximum Gasteiger partial charge on any atom is 0.0931 e. The van der Waals surface area contributed by atoms with E-state index in [1.807, 2.05) is 6.07 Å². The lowest BCUT2D eigenvalue weighted by atomic mass is 10.2. The SMILES string of the molecule is Clc1ccc(CNc2ccccc2N2CCOCC2)s1. The molecule has 1 aliphatic heterocycles. The summed E-state index contributed by atoms with van der Waals surface area (Å²) in [5.74, 6) is 0. The monoisotopic (exact) mass is 308 g/mol. The summed E-state index contributed by atoms with van der Waals surface area (Å²) < 4.78 is 6.25. The normalized spacial score (nSPS) is 15.3. The molecule has 1 aromatic carbocycles. The van der Waals surface area contributed by atoms with Crippen molar-refractivity contribution >= 4 is 34.3 Å². The van der Waals surface area contributed by atoms with Gasteiger partial charge in [0.15, 0.2) is 0 Å². The molecule has 0 aliphatic carbocycles. The van der Waals surface area contributed by atoms with Crippen LogP contribution in [0.3, 0.4) is 0 Å². The maximum absolute atomic E-state index is 5.96. The van der Waals surface area contributed by atoms with Crippen LogP contribution >= 0.6 is 22.9 Å². The number of anilines is 2. The highest BCUT2D eigenvalue weighted by Crippen LogP contribution is 2.28. The van der Waals surface area contributed by atoms with Crippen molar-refractivity contribution in [1.29, 1.82) is 0 Å². The van der Waals surface area contributed by atoms with Crippen LogP contribution < -0.4 is 10.2 Å². The second-order valence-corrected chi connectivity index (χ2v) is 6.48. The molecule has 3 rings (SSSR count). The highest BCUT2D eigenvalue weighted by molar-refractivity contribution is 7.16. The zero-order chi connectivity index (χ0) is 13.8. The summed E-state index contributed by atoms with van der Waals surface area (Å²) in [6.07, 6.45) is 0. The average Bonchev–Trinajstić information content (AvgIpc) is 2.92. The third-order valence-electron chi connectivity index (χ3n) is 3.34. The minimum atomic E-state index is 0.800. The number of hydrogen-bond acceptors (Lipinski definition) is 4. The molecule has 1 aliphatic rings. The van der Waals surface area contributed by atoms with Gasteiger partial charge in [-0.1, -0.05) is 23.7 Å². The van der Waals surface area contributed by atoms with Crippen LogP contribution in [-0.2, 0) is 11.3 Å². The summed E-state index contributed by atoms with van der Waals surface area (Å²) in [5.41, 5.74) is 2.41. The quantitative estimate of drug-likeness (QED) is 0.928. The Kier molecular flexibility index (Phi) is 4.45. The van der Waals surface area contributed by atoms with Crippen molar-refractivity contribution in [1.82, 2.24) is 0 Å². The Hall–Kier alpha value is -1.23. The molecule has 3 nitrogen and oxygen atoms in total. The number of hydrogen-bond donors (Lipinski definition) is 1. The first-order chi connectivity index (χ1) is 9.83. The number of benzene rings is 1. The van der Waals surface area contributed by atoms with Crippen LogP contribution in [0.2, 0.25) is 4.34 Å². The van der Waals surface area contributed by atoms with Crippen molar-refractivity contribution < 1.29 is 4.74 Å². The molecule has 1 fully saturated rings. The van der Waals surface area contributed by atoms with Crippen LogP contribution in [0.25, 0.3) is 0 Å². The molecule has 0 spiro atoms. The molecule has 2 heterocycles. The first kappa shape index (κ1) is 13.7. The second-order valence-electron chi connectivity index (χ2n) is 4.68. The van der Waals surface area contributed by atoms with Crippen molar-refractivity contribution in [2.45, 2.75) is 6.54 Å². The lowest BCUT2D eigenvalue weighted by molar-refractivity contribution is 0.123. The summed E-state index contributed by atoms with van der Waals surface area (Å²) in [7, 11) is 0. The lowest BCUT2D eigenvalue weighted by Crippen LogP contribution is -2.36. The molecule has 106 valence electrons. The summed E-state index contributed by atoms with van der Waals surface area (Å²) in [6.45, 7) is 4.30. The highest BCUT2D eigenvalue weighted by Gasteiger charge is 2.14. The van der Waals surface area contributed by atoms with Gasteiger partial charge in [0.1, 0.15) is 0 Å². The van der Waals surface area contributed by atoms with E-state index in [1.165, 1.54) is 16.3 Å². The van der Waals surface area contributed by atoms with E-state index in [0.29, 0.717) is 0 Å². The Morgan fingerprint density at radius 1 is 1.15 bits per heavy atom. The van der Waals surface area contributed by atoms with E-state index in [9.17, 15) is 0 Å². The molecule has 0 atom stereocenters. The Labute approximate surface area is 128 Å². The number of rotatable bonds is 4. The maximum atomic E-state index is 5.96. The first-order valence-electron chi connectivity index (χ1n) is 6.73. The fourth-order valence-electron chi connectivity index (χ4n) is 2.33. The van der Waals surface area contributed by atoms with Gasteiger partial charge in [0, 0.05) is 24.5 Å². The van der Waals surface area contributed by atoms with Gasteiger partial charge in [-0.15, -0.1) is 11.3 Å². The van der Waals surface area contributed by atoms with Crippen LogP contribution in [0.5, 0.6) is 0 Å². The molecular weight excluding hydrogens is 292 g/mol. The fourth-order valence-corrected chi connectivity index (χ4v) is 3.36. The minimum absolute atomic E-state index is 0.800. The summed E-state index contributed by atoms with van der Waals surface area (Å²) >= 11 is 7.58. The van der Waals surface area contributed by atoms with Gasteiger partial charge in [0.05, 0.1) is 28.9 Å². The molecule has 1 aromatic heterocycles.